The Morgan fingerprint density at radius 2 is 1.88 bits per heavy atom. The van der Waals surface area contributed by atoms with Crippen LogP contribution in [0.15, 0.2) is 0 Å². The first-order valence-electron chi connectivity index (χ1n) is 2.94. The van der Waals surface area contributed by atoms with Crippen molar-refractivity contribution in [3.63, 3.8) is 0 Å². The minimum atomic E-state index is 0.769. The second kappa shape index (κ2) is 7.27. The predicted molar refractivity (Wildman–Crippen MR) is 40.4 cm³/mol. The average molecular weight is 134 g/mol. The summed E-state index contributed by atoms with van der Waals surface area (Å²) >= 11 is 3.98. The third kappa shape index (κ3) is 6.27. The summed E-state index contributed by atoms with van der Waals surface area (Å²) in [4.78, 5) is 0. The molecule has 0 rings (SSSR count). The zero-order chi connectivity index (χ0) is 6.24. The van der Waals surface area contributed by atoms with E-state index in [0.29, 0.717) is 0 Å². The van der Waals surface area contributed by atoms with E-state index in [1.54, 1.807) is 0 Å². The van der Waals surface area contributed by atoms with Crippen LogP contribution >= 0.6 is 12.6 Å². The molecule has 0 radical (unpaired) electrons. The molecule has 0 aliphatic carbocycles. The molecule has 0 saturated carbocycles. The van der Waals surface area contributed by atoms with Crippen LogP contribution in [0, 0.1) is 0 Å². The Kier molecular flexibility index (Phi) is 7.52. The summed E-state index contributed by atoms with van der Waals surface area (Å²) in [5, 5.41) is 6.27. The molecule has 0 aliphatic heterocycles. The van der Waals surface area contributed by atoms with Gasteiger partial charge in [-0.3, -0.25) is 0 Å². The quantitative estimate of drug-likeness (QED) is 0.282. The fourth-order valence-electron chi connectivity index (χ4n) is 0.433. The molecule has 0 aliphatic rings. The lowest BCUT2D eigenvalue weighted by atomic mass is 10.6. The molecule has 0 aromatic heterocycles. The van der Waals surface area contributed by atoms with E-state index in [-0.39, 0.29) is 0 Å². The Hall–Kier alpha value is 0.270. The van der Waals surface area contributed by atoms with Crippen molar-refractivity contribution in [2.45, 2.75) is 6.92 Å². The Morgan fingerprint density at radius 1 is 1.25 bits per heavy atom. The van der Waals surface area contributed by atoms with Gasteiger partial charge in [-0.25, -0.2) is 0 Å². The first-order valence-corrected chi connectivity index (χ1v) is 3.57. The standard InChI is InChI=1S/C5H14N2S/c1-2-6-3-4-7-5-8/h6-8H,2-5H2,1H3. The van der Waals surface area contributed by atoms with Crippen LogP contribution in [0.25, 0.3) is 0 Å². The van der Waals surface area contributed by atoms with Crippen molar-refractivity contribution in [2.24, 2.45) is 0 Å². The van der Waals surface area contributed by atoms with Crippen molar-refractivity contribution in [3.8, 4) is 0 Å². The molecule has 0 aromatic rings. The summed E-state index contributed by atoms with van der Waals surface area (Å²) < 4.78 is 0. The molecule has 50 valence electrons. The number of hydrogen-bond donors (Lipinski definition) is 3. The molecule has 8 heavy (non-hydrogen) atoms. The highest BCUT2D eigenvalue weighted by Crippen LogP contribution is 1.62. The molecule has 2 N–H and O–H groups in total. The molecule has 0 aromatic carbocycles. The summed E-state index contributed by atoms with van der Waals surface area (Å²) in [5.41, 5.74) is 0. The molecule has 0 atom stereocenters. The minimum absolute atomic E-state index is 0.769. The maximum Gasteiger partial charge on any atom is 0.0387 e. The van der Waals surface area contributed by atoms with Crippen LogP contribution in [0.2, 0.25) is 0 Å². The lowest BCUT2D eigenvalue weighted by molar-refractivity contribution is 0.666. The van der Waals surface area contributed by atoms with E-state index in [9.17, 15) is 0 Å². The maximum atomic E-state index is 3.98. The number of nitrogens with one attached hydrogen (secondary N) is 2. The first-order chi connectivity index (χ1) is 3.91. The Morgan fingerprint density at radius 3 is 2.38 bits per heavy atom. The molecular weight excluding hydrogens is 120 g/mol. The molecule has 0 unspecified atom stereocenters. The van der Waals surface area contributed by atoms with Crippen LogP contribution in [0.3, 0.4) is 0 Å². The lowest BCUT2D eigenvalue weighted by Crippen LogP contribution is -2.26. The second-order valence-corrected chi connectivity index (χ2v) is 1.83. The van der Waals surface area contributed by atoms with Crippen LogP contribution < -0.4 is 10.6 Å². The van der Waals surface area contributed by atoms with Gasteiger partial charge in [0.15, 0.2) is 0 Å². The van der Waals surface area contributed by atoms with Gasteiger partial charge >= 0.3 is 0 Å². The molecule has 0 fully saturated rings. The van der Waals surface area contributed by atoms with Gasteiger partial charge in [0.25, 0.3) is 0 Å². The van der Waals surface area contributed by atoms with E-state index in [1.165, 1.54) is 0 Å². The van der Waals surface area contributed by atoms with Crippen molar-refractivity contribution >= 4 is 12.6 Å². The summed E-state index contributed by atoms with van der Waals surface area (Å²) in [7, 11) is 0. The van der Waals surface area contributed by atoms with E-state index in [1.807, 2.05) is 0 Å². The molecule has 0 heterocycles. The van der Waals surface area contributed by atoms with Crippen LogP contribution in [-0.2, 0) is 0 Å². The Labute approximate surface area is 56.5 Å². The average Bonchev–Trinajstić information content (AvgIpc) is 1.81. The number of hydrogen-bond acceptors (Lipinski definition) is 3. The molecule has 2 nitrogen and oxygen atoms in total. The number of thiol groups is 1. The molecule has 3 heteroatoms. The van der Waals surface area contributed by atoms with Gasteiger partial charge in [-0.2, -0.15) is 12.6 Å². The monoisotopic (exact) mass is 134 g/mol. The first kappa shape index (κ1) is 8.27. The third-order valence-corrected chi connectivity index (χ3v) is 1.06. The van der Waals surface area contributed by atoms with Crippen LogP contribution in [-0.4, -0.2) is 25.5 Å². The molecule has 0 spiro atoms. The second-order valence-electron chi connectivity index (χ2n) is 1.51. The van der Waals surface area contributed by atoms with Gasteiger partial charge in [0, 0.05) is 19.0 Å². The summed E-state index contributed by atoms with van der Waals surface area (Å²) in [6.45, 7) is 5.20. The van der Waals surface area contributed by atoms with Crippen molar-refractivity contribution in [2.75, 3.05) is 25.5 Å². The topological polar surface area (TPSA) is 24.1 Å². The predicted octanol–water partition coefficient (Wildman–Crippen LogP) is 0.0728. The van der Waals surface area contributed by atoms with Gasteiger partial charge in [0.2, 0.25) is 0 Å². The smallest absolute Gasteiger partial charge is 0.0387 e. The molecule has 0 saturated heterocycles. The molecule has 0 bridgehead atoms. The highest BCUT2D eigenvalue weighted by Gasteiger charge is 1.79. The maximum absolute atomic E-state index is 3.98. The van der Waals surface area contributed by atoms with E-state index in [2.05, 4.69) is 30.2 Å². The van der Waals surface area contributed by atoms with Crippen molar-refractivity contribution in [1.29, 1.82) is 0 Å². The zero-order valence-electron chi connectivity index (χ0n) is 5.28. The van der Waals surface area contributed by atoms with Gasteiger partial charge in [0.1, 0.15) is 0 Å². The minimum Gasteiger partial charge on any atom is -0.316 e. The van der Waals surface area contributed by atoms with Crippen molar-refractivity contribution in [3.05, 3.63) is 0 Å². The van der Waals surface area contributed by atoms with Gasteiger partial charge < -0.3 is 10.6 Å². The fraction of sp³-hybridized carbons (Fsp3) is 1.00. The van der Waals surface area contributed by atoms with Gasteiger partial charge in [-0.05, 0) is 6.54 Å². The fourth-order valence-corrected chi connectivity index (χ4v) is 0.591. The van der Waals surface area contributed by atoms with Crippen LogP contribution in [0.1, 0.15) is 6.92 Å². The van der Waals surface area contributed by atoms with Gasteiger partial charge in [-0.15, -0.1) is 0 Å². The van der Waals surface area contributed by atoms with E-state index in [4.69, 9.17) is 0 Å². The van der Waals surface area contributed by atoms with E-state index < -0.39 is 0 Å². The number of rotatable bonds is 5. The molecule has 0 amide bonds. The summed E-state index contributed by atoms with van der Waals surface area (Å²) in [5.74, 6) is 0.769. The Balaban J connectivity index is 2.53. The van der Waals surface area contributed by atoms with Crippen molar-refractivity contribution in [1.82, 2.24) is 10.6 Å². The number of likely N-dealkylation sites (N-methyl/N-ethyl adjacent to an activating group) is 1. The largest absolute Gasteiger partial charge is 0.316 e. The molecular formula is C5H14N2S. The van der Waals surface area contributed by atoms with Crippen molar-refractivity contribution < 1.29 is 0 Å². The summed E-state index contributed by atoms with van der Waals surface area (Å²) in [6, 6.07) is 0. The van der Waals surface area contributed by atoms with Gasteiger partial charge in [0.05, 0.1) is 0 Å². The van der Waals surface area contributed by atoms with E-state index >= 15 is 0 Å². The van der Waals surface area contributed by atoms with Gasteiger partial charge in [-0.1, -0.05) is 6.92 Å². The highest BCUT2D eigenvalue weighted by atomic mass is 32.1. The van der Waals surface area contributed by atoms with Crippen LogP contribution in [0.5, 0.6) is 0 Å². The SMILES string of the molecule is CCNCCNCS. The van der Waals surface area contributed by atoms with Crippen LogP contribution in [0.4, 0.5) is 0 Å². The highest BCUT2D eigenvalue weighted by molar-refractivity contribution is 7.80. The Bertz CT molecular complexity index is 35.4. The third-order valence-electron chi connectivity index (χ3n) is 0.840. The normalized spacial score (nSPS) is 9.75. The lowest BCUT2D eigenvalue weighted by Gasteiger charge is -1.99. The van der Waals surface area contributed by atoms with E-state index in [0.717, 1.165) is 25.5 Å². The zero-order valence-corrected chi connectivity index (χ0v) is 6.17. The summed E-state index contributed by atoms with van der Waals surface area (Å²) in [6.07, 6.45) is 0.